The van der Waals surface area contributed by atoms with Crippen molar-refractivity contribution in [3.8, 4) is 0 Å². The molecule has 0 aliphatic carbocycles. The second kappa shape index (κ2) is 2.78. The summed E-state index contributed by atoms with van der Waals surface area (Å²) in [5.41, 5.74) is 0. The molecule has 1 fully saturated rings. The van der Waals surface area contributed by atoms with Gasteiger partial charge in [0.2, 0.25) is 6.69 Å². The van der Waals surface area contributed by atoms with Crippen LogP contribution in [-0.4, -0.2) is 19.4 Å². The summed E-state index contributed by atoms with van der Waals surface area (Å²) >= 11 is 11.7. The molecule has 0 saturated carbocycles. The van der Waals surface area contributed by atoms with Gasteiger partial charge in [0.1, 0.15) is 0 Å². The molecule has 1 saturated heterocycles. The molecule has 0 N–H and O–H groups in total. The molecule has 1 heterocycles. The Balaban J connectivity index is 2.03. The molecule has 9 heavy (non-hydrogen) atoms. The molecular formula is C5H10Cl2OSi. The minimum absolute atomic E-state index is 0.481. The van der Waals surface area contributed by atoms with Gasteiger partial charge in [0.25, 0.3) is 0 Å². The van der Waals surface area contributed by atoms with Gasteiger partial charge in [0, 0.05) is 0 Å². The van der Waals surface area contributed by atoms with Crippen LogP contribution in [0.5, 0.6) is 0 Å². The Morgan fingerprint density at radius 1 is 1.67 bits per heavy atom. The maximum absolute atomic E-state index is 5.85. The van der Waals surface area contributed by atoms with Crippen molar-refractivity contribution in [3.05, 3.63) is 0 Å². The van der Waals surface area contributed by atoms with Crippen LogP contribution in [0, 0.1) is 0 Å². The molecule has 4 heteroatoms. The number of halogens is 2. The van der Waals surface area contributed by atoms with Crippen molar-refractivity contribution in [2.75, 3.05) is 6.61 Å². The normalized spacial score (nSPS) is 26.3. The topological polar surface area (TPSA) is 12.5 Å². The molecule has 1 rings (SSSR count). The third-order valence-corrected chi connectivity index (χ3v) is 3.61. The Morgan fingerprint density at radius 2 is 2.22 bits per heavy atom. The van der Waals surface area contributed by atoms with Gasteiger partial charge in [-0.3, -0.25) is 0 Å². The minimum atomic E-state index is -1.82. The molecule has 0 bridgehead atoms. The van der Waals surface area contributed by atoms with Gasteiger partial charge in [0.05, 0.1) is 12.7 Å². The van der Waals surface area contributed by atoms with Crippen molar-refractivity contribution in [1.29, 1.82) is 0 Å². The molecule has 1 nitrogen and oxygen atoms in total. The lowest BCUT2D eigenvalue weighted by molar-refractivity contribution is 0.403. The van der Waals surface area contributed by atoms with Crippen molar-refractivity contribution < 1.29 is 4.74 Å². The number of epoxide rings is 1. The second-order valence-electron chi connectivity index (χ2n) is 2.56. The fourth-order valence-corrected chi connectivity index (χ4v) is 2.13. The van der Waals surface area contributed by atoms with E-state index in [1.54, 1.807) is 0 Å². The van der Waals surface area contributed by atoms with E-state index in [4.69, 9.17) is 26.9 Å². The Hall–Kier alpha value is 0.757. The standard InChI is InChI=1S/C5H10Cl2OSi/c1-9(6,7)3-2-5-4-8-5/h5H,2-4H2,1H3. The van der Waals surface area contributed by atoms with Crippen molar-refractivity contribution in [1.82, 2.24) is 0 Å². The van der Waals surface area contributed by atoms with Gasteiger partial charge in [0.15, 0.2) is 0 Å². The summed E-state index contributed by atoms with van der Waals surface area (Å²) in [6.07, 6.45) is 1.53. The third-order valence-electron chi connectivity index (χ3n) is 1.31. The van der Waals surface area contributed by atoms with E-state index in [-0.39, 0.29) is 0 Å². The molecular weight excluding hydrogens is 175 g/mol. The van der Waals surface area contributed by atoms with Crippen molar-refractivity contribution in [3.63, 3.8) is 0 Å². The molecule has 0 radical (unpaired) electrons. The maximum Gasteiger partial charge on any atom is 0.248 e. The summed E-state index contributed by atoms with van der Waals surface area (Å²) in [6.45, 7) is 1.04. The van der Waals surface area contributed by atoms with Crippen LogP contribution in [0.25, 0.3) is 0 Å². The zero-order chi connectivity index (χ0) is 6.91. The van der Waals surface area contributed by atoms with Crippen LogP contribution in [0.4, 0.5) is 0 Å². The molecule has 0 spiro atoms. The highest BCUT2D eigenvalue weighted by molar-refractivity contribution is 7.44. The van der Waals surface area contributed by atoms with Crippen LogP contribution in [0.15, 0.2) is 0 Å². The number of hydrogen-bond donors (Lipinski definition) is 0. The fraction of sp³-hybridized carbons (Fsp3) is 1.00. The third kappa shape index (κ3) is 4.20. The largest absolute Gasteiger partial charge is 0.373 e. The molecule has 54 valence electrons. The monoisotopic (exact) mass is 184 g/mol. The maximum atomic E-state index is 5.85. The summed E-state index contributed by atoms with van der Waals surface area (Å²) in [5.74, 6) is 0. The quantitative estimate of drug-likeness (QED) is 0.373. The molecule has 0 aromatic rings. The zero-order valence-electron chi connectivity index (χ0n) is 5.36. The molecule has 1 unspecified atom stereocenters. The van der Waals surface area contributed by atoms with E-state index in [1.165, 1.54) is 0 Å². The van der Waals surface area contributed by atoms with Gasteiger partial charge in [-0.05, 0) is 19.0 Å². The van der Waals surface area contributed by atoms with E-state index < -0.39 is 6.69 Å². The zero-order valence-corrected chi connectivity index (χ0v) is 7.87. The molecule has 0 amide bonds. The van der Waals surface area contributed by atoms with Crippen LogP contribution >= 0.6 is 22.2 Å². The Bertz CT molecular complexity index is 97.6. The lowest BCUT2D eigenvalue weighted by atomic mass is 10.4. The lowest BCUT2D eigenvalue weighted by Gasteiger charge is -2.06. The van der Waals surface area contributed by atoms with Crippen LogP contribution in [0.2, 0.25) is 12.6 Å². The van der Waals surface area contributed by atoms with Gasteiger partial charge >= 0.3 is 0 Å². The predicted octanol–water partition coefficient (Wildman–Crippen LogP) is 2.32. The summed E-state index contributed by atoms with van der Waals surface area (Å²) in [5, 5.41) is 0. The smallest absolute Gasteiger partial charge is 0.248 e. The molecule has 1 atom stereocenters. The van der Waals surface area contributed by atoms with Crippen molar-refractivity contribution in [2.24, 2.45) is 0 Å². The van der Waals surface area contributed by atoms with Gasteiger partial charge in [-0.1, -0.05) is 0 Å². The van der Waals surface area contributed by atoms with E-state index in [0.29, 0.717) is 6.10 Å². The van der Waals surface area contributed by atoms with E-state index in [9.17, 15) is 0 Å². The molecule has 0 aromatic carbocycles. The lowest BCUT2D eigenvalue weighted by Crippen LogP contribution is -2.12. The van der Waals surface area contributed by atoms with Crippen LogP contribution in [-0.2, 0) is 4.74 Å². The number of rotatable bonds is 3. The molecule has 1 aliphatic heterocycles. The van der Waals surface area contributed by atoms with Crippen LogP contribution in [0.1, 0.15) is 6.42 Å². The Morgan fingerprint density at radius 3 is 2.56 bits per heavy atom. The fourth-order valence-electron chi connectivity index (χ4n) is 0.649. The van der Waals surface area contributed by atoms with Crippen LogP contribution in [0.3, 0.4) is 0 Å². The average Bonchev–Trinajstić information content (AvgIpc) is 2.38. The Labute approximate surface area is 65.7 Å². The van der Waals surface area contributed by atoms with E-state index in [2.05, 4.69) is 0 Å². The van der Waals surface area contributed by atoms with E-state index >= 15 is 0 Å². The van der Waals surface area contributed by atoms with Gasteiger partial charge in [-0.25, -0.2) is 0 Å². The summed E-state index contributed by atoms with van der Waals surface area (Å²) < 4.78 is 5.01. The first-order valence-electron chi connectivity index (χ1n) is 3.07. The Kier molecular flexibility index (Phi) is 2.43. The summed E-state index contributed by atoms with van der Waals surface area (Å²) in [6, 6.07) is 0.959. The van der Waals surface area contributed by atoms with E-state index in [1.807, 2.05) is 6.55 Å². The first-order valence-corrected chi connectivity index (χ1v) is 7.80. The molecule has 1 aliphatic rings. The molecule has 0 aromatic heterocycles. The van der Waals surface area contributed by atoms with Gasteiger partial charge in [-0.2, -0.15) is 0 Å². The van der Waals surface area contributed by atoms with Crippen LogP contribution < -0.4 is 0 Å². The number of ether oxygens (including phenoxy) is 1. The van der Waals surface area contributed by atoms with Crippen molar-refractivity contribution >= 4 is 28.9 Å². The highest BCUT2D eigenvalue weighted by atomic mass is 35.7. The highest BCUT2D eigenvalue weighted by Crippen LogP contribution is 2.26. The van der Waals surface area contributed by atoms with Gasteiger partial charge in [-0.15, -0.1) is 22.2 Å². The first kappa shape index (κ1) is 7.86. The predicted molar refractivity (Wildman–Crippen MR) is 42.5 cm³/mol. The first-order chi connectivity index (χ1) is 4.08. The second-order valence-corrected chi connectivity index (χ2v) is 10.8. The summed E-state index contributed by atoms with van der Waals surface area (Å²) in [7, 11) is 0. The number of hydrogen-bond acceptors (Lipinski definition) is 1. The van der Waals surface area contributed by atoms with Crippen molar-refractivity contribution in [2.45, 2.75) is 25.1 Å². The summed E-state index contributed by atoms with van der Waals surface area (Å²) in [4.78, 5) is 0. The minimum Gasteiger partial charge on any atom is -0.373 e. The average molecular weight is 185 g/mol. The van der Waals surface area contributed by atoms with Gasteiger partial charge < -0.3 is 4.74 Å². The highest BCUT2D eigenvalue weighted by Gasteiger charge is 2.28. The van der Waals surface area contributed by atoms with E-state index in [0.717, 1.165) is 19.1 Å². The SMILES string of the molecule is C[Si](Cl)(Cl)CCC1CO1.